The molecule has 0 radical (unpaired) electrons. The molecule has 4 rings (SSSR count). The predicted molar refractivity (Wildman–Crippen MR) is 140 cm³/mol. The van der Waals surface area contributed by atoms with Gasteiger partial charge >= 0.3 is 5.91 Å². The number of amides is 1. The van der Waals surface area contributed by atoms with E-state index < -0.39 is 17.7 Å². The van der Waals surface area contributed by atoms with Gasteiger partial charge in [0.2, 0.25) is 0 Å². The van der Waals surface area contributed by atoms with Crippen molar-refractivity contribution in [2.24, 2.45) is 0 Å². The van der Waals surface area contributed by atoms with Gasteiger partial charge in [-0.25, -0.2) is 4.98 Å². The number of carbonyl (C=O) groups is 3. The molecule has 1 N–H and O–H groups in total. The summed E-state index contributed by atoms with van der Waals surface area (Å²) in [7, 11) is 0. The van der Waals surface area contributed by atoms with E-state index in [2.05, 4.69) is 11.6 Å². The molecular weight excluding hydrogens is 476 g/mol. The quantitative estimate of drug-likeness (QED) is 0.151. The van der Waals surface area contributed by atoms with Gasteiger partial charge in [0.1, 0.15) is 18.1 Å². The van der Waals surface area contributed by atoms with E-state index in [-0.39, 0.29) is 22.2 Å². The third-order valence-corrected chi connectivity index (χ3v) is 7.23. The van der Waals surface area contributed by atoms with Gasteiger partial charge in [-0.05, 0) is 50.1 Å². The van der Waals surface area contributed by atoms with Gasteiger partial charge in [-0.15, -0.1) is 0 Å². The Bertz CT molecular complexity index is 1420. The molecule has 184 valence electrons. The number of aliphatic hydroxyl groups is 1. The lowest BCUT2D eigenvalue weighted by molar-refractivity contribution is -0.132. The number of aromatic nitrogens is 1. The van der Waals surface area contributed by atoms with E-state index in [4.69, 9.17) is 4.74 Å². The highest BCUT2D eigenvalue weighted by Gasteiger charge is 2.48. The van der Waals surface area contributed by atoms with Gasteiger partial charge in [0, 0.05) is 12.5 Å². The van der Waals surface area contributed by atoms with Crippen molar-refractivity contribution in [1.82, 2.24) is 4.98 Å². The molecule has 1 saturated heterocycles. The molecule has 3 aromatic rings. The van der Waals surface area contributed by atoms with Gasteiger partial charge in [-0.2, -0.15) is 0 Å². The highest BCUT2D eigenvalue weighted by atomic mass is 32.1. The summed E-state index contributed by atoms with van der Waals surface area (Å²) in [5.41, 5.74) is 3.17. The molecule has 7 nitrogen and oxygen atoms in total. The van der Waals surface area contributed by atoms with Crippen molar-refractivity contribution < 1.29 is 24.2 Å². The first kappa shape index (κ1) is 25.1. The van der Waals surface area contributed by atoms with E-state index in [1.54, 1.807) is 43.3 Å². The summed E-state index contributed by atoms with van der Waals surface area (Å²) in [6.45, 7) is 10.8. The van der Waals surface area contributed by atoms with E-state index in [1.807, 2.05) is 26.0 Å². The average molecular weight is 503 g/mol. The third-order valence-electron chi connectivity index (χ3n) is 5.97. The maximum Gasteiger partial charge on any atom is 0.301 e. The zero-order valence-corrected chi connectivity index (χ0v) is 21.3. The second kappa shape index (κ2) is 9.91. The Morgan fingerprint density at radius 3 is 2.47 bits per heavy atom. The predicted octanol–water partition coefficient (Wildman–Crippen LogP) is 5.46. The summed E-state index contributed by atoms with van der Waals surface area (Å²) < 4.78 is 5.57. The van der Waals surface area contributed by atoms with Crippen molar-refractivity contribution in [1.29, 1.82) is 0 Å². The molecule has 1 fully saturated rings. The maximum absolute atomic E-state index is 13.4. The number of hydrogen-bond acceptors (Lipinski definition) is 7. The first-order valence-corrected chi connectivity index (χ1v) is 12.2. The van der Waals surface area contributed by atoms with E-state index in [0.717, 1.165) is 22.5 Å². The van der Waals surface area contributed by atoms with Gasteiger partial charge in [-0.1, -0.05) is 53.8 Å². The summed E-state index contributed by atoms with van der Waals surface area (Å²) in [4.78, 5) is 44.9. The number of ether oxygens (including phenoxy) is 1. The van der Waals surface area contributed by atoms with Crippen molar-refractivity contribution in [2.75, 3.05) is 11.5 Å². The van der Waals surface area contributed by atoms with Crippen LogP contribution in [0.5, 0.6) is 5.75 Å². The number of nitrogens with zero attached hydrogens (tertiary/aromatic N) is 2. The number of aliphatic hydroxyl groups excluding tert-OH is 1. The summed E-state index contributed by atoms with van der Waals surface area (Å²) in [5, 5.41) is 11.6. The summed E-state index contributed by atoms with van der Waals surface area (Å²) in [6, 6.07) is 11.5. The molecule has 0 bridgehead atoms. The SMILES string of the molecule is C=CCOc1ccc(C2/C(=C(\O)c3cc(C)ccc3C)C(=O)C(=O)N2c2nc(C)c(C(C)=O)s2)cc1. The Kier molecular flexibility index (Phi) is 6.90. The second-order valence-electron chi connectivity index (χ2n) is 8.62. The number of hydrogen-bond donors (Lipinski definition) is 1. The Labute approximate surface area is 213 Å². The molecule has 2 heterocycles. The fraction of sp³-hybridized carbons (Fsp3) is 0.214. The van der Waals surface area contributed by atoms with Gasteiger partial charge in [0.05, 0.1) is 22.2 Å². The average Bonchev–Trinajstić information content (AvgIpc) is 3.36. The summed E-state index contributed by atoms with van der Waals surface area (Å²) >= 11 is 1.05. The van der Waals surface area contributed by atoms with Crippen LogP contribution in [0, 0.1) is 20.8 Å². The molecule has 0 spiro atoms. The molecule has 0 aliphatic carbocycles. The van der Waals surface area contributed by atoms with Gasteiger partial charge in [-0.3, -0.25) is 19.3 Å². The Hall–Kier alpha value is -4.04. The minimum absolute atomic E-state index is 0.0364. The normalized spacial score (nSPS) is 16.9. The number of ketones is 2. The van der Waals surface area contributed by atoms with Crippen LogP contribution in [0.3, 0.4) is 0 Å². The molecule has 1 atom stereocenters. The molecule has 0 saturated carbocycles. The molecular formula is C28H26N2O5S. The van der Waals surface area contributed by atoms with Crippen LogP contribution in [0.4, 0.5) is 5.13 Å². The van der Waals surface area contributed by atoms with Crippen molar-refractivity contribution in [3.63, 3.8) is 0 Å². The van der Waals surface area contributed by atoms with Crippen LogP contribution in [0.2, 0.25) is 0 Å². The smallest absolute Gasteiger partial charge is 0.301 e. The number of carbonyl (C=O) groups excluding carboxylic acids is 3. The molecule has 1 amide bonds. The van der Waals surface area contributed by atoms with E-state index >= 15 is 0 Å². The van der Waals surface area contributed by atoms with Crippen molar-refractivity contribution in [2.45, 2.75) is 33.7 Å². The van der Waals surface area contributed by atoms with Gasteiger partial charge in [0.25, 0.3) is 5.78 Å². The lowest BCUT2D eigenvalue weighted by atomic mass is 9.93. The van der Waals surface area contributed by atoms with Crippen molar-refractivity contribution in [3.05, 3.63) is 93.5 Å². The van der Waals surface area contributed by atoms with E-state index in [1.165, 1.54) is 11.8 Å². The number of benzene rings is 2. The Morgan fingerprint density at radius 1 is 1.17 bits per heavy atom. The lowest BCUT2D eigenvalue weighted by Gasteiger charge is -2.23. The largest absolute Gasteiger partial charge is 0.507 e. The van der Waals surface area contributed by atoms with Crippen LogP contribution in [-0.2, 0) is 9.59 Å². The molecule has 1 aromatic heterocycles. The van der Waals surface area contributed by atoms with Gasteiger partial charge in [0.15, 0.2) is 10.9 Å². The third kappa shape index (κ3) is 4.47. The van der Waals surface area contributed by atoms with E-state index in [9.17, 15) is 19.5 Å². The van der Waals surface area contributed by atoms with Crippen LogP contribution < -0.4 is 9.64 Å². The molecule has 1 aliphatic rings. The first-order valence-electron chi connectivity index (χ1n) is 11.3. The lowest BCUT2D eigenvalue weighted by Crippen LogP contribution is -2.29. The Balaban J connectivity index is 1.93. The minimum Gasteiger partial charge on any atom is -0.507 e. The zero-order chi connectivity index (χ0) is 26.1. The molecule has 8 heteroatoms. The number of thiazole rings is 1. The topological polar surface area (TPSA) is 96.8 Å². The number of aryl methyl sites for hydroxylation is 3. The van der Waals surface area contributed by atoms with Crippen molar-refractivity contribution in [3.8, 4) is 5.75 Å². The van der Waals surface area contributed by atoms with Crippen LogP contribution in [0.1, 0.15) is 50.6 Å². The summed E-state index contributed by atoms with van der Waals surface area (Å²) in [5.74, 6) is -1.48. The molecule has 36 heavy (non-hydrogen) atoms. The monoisotopic (exact) mass is 502 g/mol. The maximum atomic E-state index is 13.4. The molecule has 1 unspecified atom stereocenters. The van der Waals surface area contributed by atoms with Crippen LogP contribution >= 0.6 is 11.3 Å². The van der Waals surface area contributed by atoms with E-state index in [0.29, 0.717) is 34.1 Å². The van der Waals surface area contributed by atoms with Gasteiger partial charge < -0.3 is 9.84 Å². The van der Waals surface area contributed by atoms with Crippen LogP contribution in [-0.4, -0.2) is 34.2 Å². The fourth-order valence-electron chi connectivity index (χ4n) is 4.19. The number of Topliss-reactive ketones (excluding diaryl/α,β-unsaturated/α-hetero) is 2. The molecule has 2 aromatic carbocycles. The summed E-state index contributed by atoms with van der Waals surface area (Å²) in [6.07, 6.45) is 1.63. The fourth-order valence-corrected chi connectivity index (χ4v) is 5.18. The minimum atomic E-state index is -0.941. The second-order valence-corrected chi connectivity index (χ2v) is 9.60. The zero-order valence-electron chi connectivity index (χ0n) is 20.5. The number of rotatable bonds is 7. The van der Waals surface area contributed by atoms with Crippen LogP contribution in [0.25, 0.3) is 5.76 Å². The standard InChI is InChI=1S/C28H26N2O5S/c1-6-13-35-20-11-9-19(10-12-20)23-22(24(32)21-14-15(2)7-8-16(21)3)25(33)27(34)30(23)28-29-17(4)26(36-28)18(5)31/h6-12,14,23,32H,1,13H2,2-5H3/b24-22+. The highest BCUT2D eigenvalue weighted by molar-refractivity contribution is 7.18. The Morgan fingerprint density at radius 2 is 1.86 bits per heavy atom. The number of anilines is 1. The first-order chi connectivity index (χ1) is 17.1. The van der Waals surface area contributed by atoms with Crippen molar-refractivity contribution >= 4 is 39.7 Å². The highest BCUT2D eigenvalue weighted by Crippen LogP contribution is 2.44. The van der Waals surface area contributed by atoms with Crippen LogP contribution in [0.15, 0.2) is 60.7 Å². The molecule has 1 aliphatic heterocycles.